The first kappa shape index (κ1) is 18.2. The summed E-state index contributed by atoms with van der Waals surface area (Å²) in [5.74, 6) is 0.425. The number of phenolic OH excluding ortho intramolecular Hbond substituents is 1. The average molecular weight is 356 g/mol. The maximum absolute atomic E-state index is 12.7. The Kier molecular flexibility index (Phi) is 5.42. The van der Waals surface area contributed by atoms with Crippen molar-refractivity contribution in [2.45, 2.75) is 39.5 Å². The van der Waals surface area contributed by atoms with Crippen LogP contribution in [0.4, 0.5) is 0 Å². The van der Waals surface area contributed by atoms with Crippen LogP contribution < -0.4 is 4.74 Å². The number of carbonyl (C=O) groups is 1. The summed E-state index contributed by atoms with van der Waals surface area (Å²) in [5, 5.41) is 10.4. The molecule has 138 valence electrons. The maximum Gasteiger partial charge on any atom is 0.251 e. The van der Waals surface area contributed by atoms with Gasteiger partial charge in [-0.2, -0.15) is 0 Å². The number of hydrogen-bond donors (Lipinski definition) is 1. The van der Waals surface area contributed by atoms with Crippen LogP contribution in [-0.4, -0.2) is 46.3 Å². The second-order valence-electron chi connectivity index (χ2n) is 6.66. The number of hydrogen-bond acceptors (Lipinski definition) is 5. The van der Waals surface area contributed by atoms with Gasteiger partial charge in [0.25, 0.3) is 5.91 Å². The lowest BCUT2D eigenvalue weighted by molar-refractivity contribution is -0.145. The van der Waals surface area contributed by atoms with E-state index in [-0.39, 0.29) is 17.8 Å². The Morgan fingerprint density at radius 1 is 1.31 bits per heavy atom. The van der Waals surface area contributed by atoms with Crippen LogP contribution >= 0.6 is 0 Å². The number of pyridine rings is 1. The van der Waals surface area contributed by atoms with Crippen LogP contribution in [0.5, 0.6) is 11.5 Å². The van der Waals surface area contributed by atoms with Crippen molar-refractivity contribution in [3.8, 4) is 22.6 Å². The van der Waals surface area contributed by atoms with Crippen molar-refractivity contribution in [2.75, 3.05) is 13.2 Å². The van der Waals surface area contributed by atoms with E-state index in [4.69, 9.17) is 9.47 Å². The van der Waals surface area contributed by atoms with Crippen molar-refractivity contribution < 1.29 is 19.4 Å². The van der Waals surface area contributed by atoms with E-state index < -0.39 is 6.10 Å². The molecule has 3 rings (SSSR count). The van der Waals surface area contributed by atoms with Crippen molar-refractivity contribution in [2.24, 2.45) is 0 Å². The fraction of sp³-hybridized carbons (Fsp3) is 0.400. The smallest absolute Gasteiger partial charge is 0.251 e. The first-order valence-corrected chi connectivity index (χ1v) is 8.79. The number of benzene rings is 1. The molecule has 0 saturated carbocycles. The summed E-state index contributed by atoms with van der Waals surface area (Å²) >= 11 is 0. The summed E-state index contributed by atoms with van der Waals surface area (Å²) in [6.45, 7) is 6.71. The Morgan fingerprint density at radius 2 is 2.12 bits per heavy atom. The summed E-state index contributed by atoms with van der Waals surface area (Å²) < 4.78 is 11.3. The summed E-state index contributed by atoms with van der Waals surface area (Å²) in [4.78, 5) is 18.5. The normalized spacial score (nSPS) is 15.2. The van der Waals surface area contributed by atoms with Crippen LogP contribution in [-0.2, 0) is 16.1 Å². The molecule has 6 nitrogen and oxygen atoms in total. The molecule has 1 aliphatic rings. The topological polar surface area (TPSA) is 71.9 Å². The van der Waals surface area contributed by atoms with E-state index in [0.717, 1.165) is 16.7 Å². The molecule has 26 heavy (non-hydrogen) atoms. The summed E-state index contributed by atoms with van der Waals surface area (Å²) in [6.07, 6.45) is 2.89. The van der Waals surface area contributed by atoms with Gasteiger partial charge in [0.1, 0.15) is 12.7 Å². The first-order valence-electron chi connectivity index (χ1n) is 8.79. The van der Waals surface area contributed by atoms with Gasteiger partial charge in [-0.3, -0.25) is 9.78 Å². The van der Waals surface area contributed by atoms with Crippen LogP contribution in [0, 0.1) is 0 Å². The first-order chi connectivity index (χ1) is 12.5. The van der Waals surface area contributed by atoms with Gasteiger partial charge in [-0.05, 0) is 44.5 Å². The van der Waals surface area contributed by atoms with Crippen molar-refractivity contribution >= 4 is 5.91 Å². The number of aromatic hydroxyl groups is 1. The molecule has 0 spiro atoms. The van der Waals surface area contributed by atoms with Gasteiger partial charge in [0, 0.05) is 30.1 Å². The minimum atomic E-state index is -0.522. The third-order valence-electron chi connectivity index (χ3n) is 4.25. The zero-order valence-electron chi connectivity index (χ0n) is 15.3. The maximum atomic E-state index is 12.7. The standard InChI is InChI=1S/C20H24N2O4/c1-13(2)26-14(3)20(24)22-7-8-25-19-17(12-22)9-16(10-18(19)23)15-5-4-6-21-11-15/h4-6,9-11,13-14,23H,7-8,12H2,1-3H3. The highest BCUT2D eigenvalue weighted by molar-refractivity contribution is 5.81. The Balaban J connectivity index is 1.89. The molecule has 0 fully saturated rings. The van der Waals surface area contributed by atoms with Gasteiger partial charge in [0.15, 0.2) is 11.5 Å². The lowest BCUT2D eigenvalue weighted by Gasteiger charge is -2.25. The summed E-state index contributed by atoms with van der Waals surface area (Å²) in [7, 11) is 0. The van der Waals surface area contributed by atoms with Gasteiger partial charge in [-0.25, -0.2) is 0 Å². The van der Waals surface area contributed by atoms with Gasteiger partial charge in [-0.15, -0.1) is 0 Å². The Labute approximate surface area is 153 Å². The van der Waals surface area contributed by atoms with E-state index >= 15 is 0 Å². The molecule has 2 aromatic rings. The predicted octanol–water partition coefficient (Wildman–Crippen LogP) is 2.99. The molecular formula is C20H24N2O4. The minimum Gasteiger partial charge on any atom is -0.504 e. The molecule has 6 heteroatoms. The zero-order valence-corrected chi connectivity index (χ0v) is 15.3. The second kappa shape index (κ2) is 7.74. The van der Waals surface area contributed by atoms with Gasteiger partial charge in [0.2, 0.25) is 0 Å². The number of nitrogens with zero attached hydrogens (tertiary/aromatic N) is 2. The van der Waals surface area contributed by atoms with Crippen molar-refractivity contribution in [1.29, 1.82) is 0 Å². The number of fused-ring (bicyclic) bond motifs is 1. The lowest BCUT2D eigenvalue weighted by atomic mass is 10.0. The lowest BCUT2D eigenvalue weighted by Crippen LogP contribution is -2.40. The van der Waals surface area contributed by atoms with Crippen LogP contribution in [0.1, 0.15) is 26.3 Å². The number of rotatable bonds is 4. The van der Waals surface area contributed by atoms with E-state index in [2.05, 4.69) is 4.98 Å². The fourth-order valence-corrected chi connectivity index (χ4v) is 3.11. The van der Waals surface area contributed by atoms with Gasteiger partial charge >= 0.3 is 0 Å². The highest BCUT2D eigenvalue weighted by atomic mass is 16.5. The van der Waals surface area contributed by atoms with E-state index in [1.54, 1.807) is 30.3 Å². The van der Waals surface area contributed by atoms with E-state index in [1.807, 2.05) is 32.0 Å². The SMILES string of the molecule is CC(C)OC(C)C(=O)N1CCOc2c(O)cc(-c3cccnc3)cc2C1. The van der Waals surface area contributed by atoms with Gasteiger partial charge in [0.05, 0.1) is 12.6 Å². The van der Waals surface area contributed by atoms with E-state index in [1.165, 1.54) is 0 Å². The second-order valence-corrected chi connectivity index (χ2v) is 6.66. The number of amides is 1. The predicted molar refractivity (Wildman–Crippen MR) is 97.9 cm³/mol. The zero-order chi connectivity index (χ0) is 18.7. The molecule has 1 aliphatic heterocycles. The van der Waals surface area contributed by atoms with Crippen LogP contribution in [0.2, 0.25) is 0 Å². The molecule has 1 atom stereocenters. The van der Waals surface area contributed by atoms with Crippen molar-refractivity contribution in [3.63, 3.8) is 0 Å². The molecule has 0 aliphatic carbocycles. The monoisotopic (exact) mass is 356 g/mol. The van der Waals surface area contributed by atoms with Crippen molar-refractivity contribution in [1.82, 2.24) is 9.88 Å². The van der Waals surface area contributed by atoms with Crippen LogP contribution in [0.25, 0.3) is 11.1 Å². The fourth-order valence-electron chi connectivity index (χ4n) is 3.11. The van der Waals surface area contributed by atoms with Crippen LogP contribution in [0.15, 0.2) is 36.7 Å². The van der Waals surface area contributed by atoms with Gasteiger partial charge in [-0.1, -0.05) is 6.07 Å². The average Bonchev–Trinajstić information content (AvgIpc) is 2.84. The van der Waals surface area contributed by atoms with E-state index in [0.29, 0.717) is 25.4 Å². The van der Waals surface area contributed by atoms with Gasteiger partial charge < -0.3 is 19.5 Å². The quantitative estimate of drug-likeness (QED) is 0.912. The Bertz CT molecular complexity index is 777. The molecule has 1 N–H and O–H groups in total. The molecule has 0 radical (unpaired) electrons. The Hall–Kier alpha value is -2.60. The van der Waals surface area contributed by atoms with Crippen molar-refractivity contribution in [3.05, 3.63) is 42.2 Å². The molecular weight excluding hydrogens is 332 g/mol. The molecule has 1 unspecified atom stereocenters. The number of aromatic nitrogens is 1. The van der Waals surface area contributed by atoms with Crippen LogP contribution in [0.3, 0.4) is 0 Å². The number of phenols is 1. The number of ether oxygens (including phenoxy) is 2. The number of carbonyl (C=O) groups excluding carboxylic acids is 1. The molecule has 2 heterocycles. The molecule has 1 amide bonds. The molecule has 0 saturated heterocycles. The highest BCUT2D eigenvalue weighted by Gasteiger charge is 2.26. The highest BCUT2D eigenvalue weighted by Crippen LogP contribution is 2.37. The minimum absolute atomic E-state index is 0.0225. The van der Waals surface area contributed by atoms with E-state index in [9.17, 15) is 9.90 Å². The Morgan fingerprint density at radius 3 is 2.81 bits per heavy atom. The molecule has 1 aromatic heterocycles. The summed E-state index contributed by atoms with van der Waals surface area (Å²) in [6, 6.07) is 7.37. The largest absolute Gasteiger partial charge is 0.504 e. The molecule has 1 aromatic carbocycles. The summed E-state index contributed by atoms with van der Waals surface area (Å²) in [5.41, 5.74) is 2.49. The molecule has 0 bridgehead atoms. The third kappa shape index (κ3) is 3.96. The third-order valence-corrected chi connectivity index (χ3v) is 4.25.